The average molecular weight is 173 g/mol. The van der Waals surface area contributed by atoms with E-state index < -0.39 is 0 Å². The Labute approximate surface area is 74.3 Å². The van der Waals surface area contributed by atoms with E-state index >= 15 is 0 Å². The molecule has 3 aliphatic rings. The van der Waals surface area contributed by atoms with E-state index in [9.17, 15) is 0 Å². The van der Waals surface area contributed by atoms with Crippen LogP contribution < -0.4 is 0 Å². The largest absolute Gasteiger partial charge is 0.119 e. The van der Waals surface area contributed by atoms with Crippen LogP contribution in [0.15, 0.2) is 0 Å². The molecule has 0 aromatic heterocycles. The highest BCUT2D eigenvalue weighted by Crippen LogP contribution is 2.44. The summed E-state index contributed by atoms with van der Waals surface area (Å²) in [6.07, 6.45) is 11.0. The van der Waals surface area contributed by atoms with Gasteiger partial charge in [-0.1, -0.05) is 19.3 Å². The Morgan fingerprint density at radius 3 is 2.36 bits per heavy atom. The first-order valence-corrected chi connectivity index (χ1v) is 5.35. The zero-order valence-corrected chi connectivity index (χ0v) is 7.87. The zero-order valence-electron chi connectivity index (χ0n) is 7.11. The maximum Gasteiger partial charge on any atom is 0.0447 e. The molecule has 0 unspecified atom stereocenters. The van der Waals surface area contributed by atoms with Crippen molar-refractivity contribution >= 4 is 11.6 Å². The second-order valence-corrected chi connectivity index (χ2v) is 5.14. The molecule has 0 heterocycles. The van der Waals surface area contributed by atoms with Crippen molar-refractivity contribution in [1.82, 2.24) is 0 Å². The van der Waals surface area contributed by atoms with Gasteiger partial charge in [0.2, 0.25) is 0 Å². The van der Waals surface area contributed by atoms with Crippen LogP contribution in [-0.4, -0.2) is 4.87 Å². The molecule has 0 spiro atoms. The maximum atomic E-state index is 6.47. The van der Waals surface area contributed by atoms with E-state index in [0.717, 1.165) is 5.92 Å². The fourth-order valence-corrected chi connectivity index (χ4v) is 2.96. The highest BCUT2D eigenvalue weighted by atomic mass is 35.5. The van der Waals surface area contributed by atoms with E-state index in [1.54, 1.807) is 0 Å². The normalized spacial score (nSPS) is 45.0. The van der Waals surface area contributed by atoms with Gasteiger partial charge in [0, 0.05) is 4.87 Å². The van der Waals surface area contributed by atoms with Crippen LogP contribution in [0.25, 0.3) is 0 Å². The molecule has 1 heteroatoms. The van der Waals surface area contributed by atoms with Crippen molar-refractivity contribution in [2.75, 3.05) is 0 Å². The van der Waals surface area contributed by atoms with Gasteiger partial charge < -0.3 is 0 Å². The summed E-state index contributed by atoms with van der Waals surface area (Å²) >= 11 is 6.47. The molecule has 0 aromatic carbocycles. The first-order chi connectivity index (χ1) is 5.29. The van der Waals surface area contributed by atoms with Crippen LogP contribution in [0.4, 0.5) is 0 Å². The van der Waals surface area contributed by atoms with E-state index in [0.29, 0.717) is 0 Å². The van der Waals surface area contributed by atoms with Gasteiger partial charge in [-0.3, -0.25) is 0 Å². The molecular weight excluding hydrogens is 156 g/mol. The van der Waals surface area contributed by atoms with Crippen LogP contribution in [0.5, 0.6) is 0 Å². The number of halogens is 1. The summed E-state index contributed by atoms with van der Waals surface area (Å²) in [5, 5.41) is 0. The Bertz CT molecular complexity index is 128. The van der Waals surface area contributed by atoms with Crippen molar-refractivity contribution in [3.05, 3.63) is 0 Å². The molecule has 0 N–H and O–H groups in total. The monoisotopic (exact) mass is 172 g/mol. The lowest BCUT2D eigenvalue weighted by atomic mass is 9.74. The highest BCUT2D eigenvalue weighted by Gasteiger charge is 2.34. The van der Waals surface area contributed by atoms with Gasteiger partial charge in [-0.05, 0) is 38.0 Å². The molecule has 0 aromatic rings. The molecular formula is C10H17Cl. The lowest BCUT2D eigenvalue weighted by molar-refractivity contribution is 0.237. The van der Waals surface area contributed by atoms with Crippen LogP contribution in [0.2, 0.25) is 0 Å². The van der Waals surface area contributed by atoms with Gasteiger partial charge in [0.05, 0.1) is 0 Å². The van der Waals surface area contributed by atoms with E-state index in [2.05, 4.69) is 0 Å². The van der Waals surface area contributed by atoms with Crippen molar-refractivity contribution in [3.8, 4) is 0 Å². The van der Waals surface area contributed by atoms with E-state index in [-0.39, 0.29) is 4.87 Å². The maximum absolute atomic E-state index is 6.47. The number of alkyl halides is 1. The molecule has 3 fully saturated rings. The molecule has 0 aliphatic heterocycles. The molecule has 3 aliphatic carbocycles. The second kappa shape index (κ2) is 2.97. The molecule has 0 atom stereocenters. The van der Waals surface area contributed by atoms with Crippen molar-refractivity contribution in [2.45, 2.75) is 56.2 Å². The lowest BCUT2D eigenvalue weighted by Gasteiger charge is -2.38. The Kier molecular flexibility index (Phi) is 2.14. The zero-order chi connectivity index (χ0) is 7.73. The lowest BCUT2D eigenvalue weighted by Crippen LogP contribution is -2.30. The van der Waals surface area contributed by atoms with Crippen LogP contribution >= 0.6 is 11.6 Å². The fourth-order valence-electron chi connectivity index (χ4n) is 2.61. The number of hydrogen-bond donors (Lipinski definition) is 0. The highest BCUT2D eigenvalue weighted by molar-refractivity contribution is 6.23. The van der Waals surface area contributed by atoms with Gasteiger partial charge >= 0.3 is 0 Å². The third kappa shape index (κ3) is 1.72. The van der Waals surface area contributed by atoms with E-state index in [1.807, 2.05) is 0 Å². The van der Waals surface area contributed by atoms with Gasteiger partial charge in [-0.15, -0.1) is 11.6 Å². The van der Waals surface area contributed by atoms with Crippen LogP contribution in [0.3, 0.4) is 0 Å². The van der Waals surface area contributed by atoms with Gasteiger partial charge in [0.25, 0.3) is 0 Å². The van der Waals surface area contributed by atoms with Crippen molar-refractivity contribution < 1.29 is 0 Å². The predicted octanol–water partition coefficient (Wildman–Crippen LogP) is 3.73. The first-order valence-electron chi connectivity index (χ1n) is 4.97. The minimum Gasteiger partial charge on any atom is -0.119 e. The minimum atomic E-state index is 0.233. The number of hydrogen-bond acceptors (Lipinski definition) is 0. The van der Waals surface area contributed by atoms with Crippen LogP contribution in [-0.2, 0) is 0 Å². The topological polar surface area (TPSA) is 0 Å². The summed E-state index contributed by atoms with van der Waals surface area (Å²) in [5.74, 6) is 1.03. The third-order valence-electron chi connectivity index (χ3n) is 3.49. The third-order valence-corrected chi connectivity index (χ3v) is 4.06. The van der Waals surface area contributed by atoms with Crippen LogP contribution in [0.1, 0.15) is 51.4 Å². The van der Waals surface area contributed by atoms with Gasteiger partial charge in [0.1, 0.15) is 0 Å². The van der Waals surface area contributed by atoms with E-state index in [1.165, 1.54) is 51.4 Å². The van der Waals surface area contributed by atoms with Crippen LogP contribution in [0, 0.1) is 5.92 Å². The molecule has 64 valence electrons. The number of rotatable bonds is 0. The van der Waals surface area contributed by atoms with Crippen molar-refractivity contribution in [2.24, 2.45) is 5.92 Å². The molecule has 0 amide bonds. The molecule has 0 nitrogen and oxygen atoms in total. The molecule has 2 bridgehead atoms. The molecule has 0 radical (unpaired) electrons. The molecule has 0 saturated heterocycles. The summed E-state index contributed by atoms with van der Waals surface area (Å²) in [6.45, 7) is 0. The second-order valence-electron chi connectivity index (χ2n) is 4.34. The van der Waals surface area contributed by atoms with Gasteiger partial charge in [0.15, 0.2) is 0 Å². The van der Waals surface area contributed by atoms with E-state index in [4.69, 9.17) is 11.6 Å². The van der Waals surface area contributed by atoms with Crippen molar-refractivity contribution in [1.29, 1.82) is 0 Å². The Morgan fingerprint density at radius 1 is 0.909 bits per heavy atom. The predicted molar refractivity (Wildman–Crippen MR) is 49.0 cm³/mol. The summed E-state index contributed by atoms with van der Waals surface area (Å²) in [4.78, 5) is 0.233. The molecule has 11 heavy (non-hydrogen) atoms. The van der Waals surface area contributed by atoms with Gasteiger partial charge in [-0.2, -0.15) is 0 Å². The Morgan fingerprint density at radius 2 is 1.64 bits per heavy atom. The summed E-state index contributed by atoms with van der Waals surface area (Å²) in [7, 11) is 0. The smallest absolute Gasteiger partial charge is 0.0447 e. The summed E-state index contributed by atoms with van der Waals surface area (Å²) < 4.78 is 0. The van der Waals surface area contributed by atoms with Gasteiger partial charge in [-0.25, -0.2) is 0 Å². The first kappa shape index (κ1) is 7.91. The molecule has 3 rings (SSSR count). The standard InChI is InChI=1S/C10H17Cl/c11-10-6-2-1-3-9(4-7-10)5-8-10/h9H,1-8H2. The average Bonchev–Trinajstić information content (AvgIpc) is 1.96. The Hall–Kier alpha value is 0.290. The van der Waals surface area contributed by atoms with Crippen molar-refractivity contribution in [3.63, 3.8) is 0 Å². The Balaban J connectivity index is 2.04. The number of fused-ring (bicyclic) bond motifs is 5. The SMILES string of the molecule is ClC12CCCCC(CC1)CC2. The minimum absolute atomic E-state index is 0.233. The summed E-state index contributed by atoms with van der Waals surface area (Å²) in [6, 6.07) is 0. The quantitative estimate of drug-likeness (QED) is 0.489. The fraction of sp³-hybridized carbons (Fsp3) is 1.00. The molecule has 3 saturated carbocycles. The summed E-state index contributed by atoms with van der Waals surface area (Å²) in [5.41, 5.74) is 0.